The SMILES string of the molecule is COc1ccc(-c2c3c(cn2Cc2ccccc2)c2ccccc2n3C)cc1. The maximum Gasteiger partial charge on any atom is 0.118 e. The Morgan fingerprint density at radius 2 is 1.50 bits per heavy atom. The van der Waals surface area contributed by atoms with E-state index < -0.39 is 0 Å². The molecule has 0 unspecified atom stereocenters. The van der Waals surface area contributed by atoms with Gasteiger partial charge in [0.15, 0.2) is 0 Å². The third-order valence-electron chi connectivity index (χ3n) is 5.50. The van der Waals surface area contributed by atoms with Crippen LogP contribution in [0, 0.1) is 0 Å². The summed E-state index contributed by atoms with van der Waals surface area (Å²) in [7, 11) is 3.86. The summed E-state index contributed by atoms with van der Waals surface area (Å²) in [6, 6.07) is 27.6. The number of benzene rings is 3. The molecule has 0 spiro atoms. The van der Waals surface area contributed by atoms with Gasteiger partial charge >= 0.3 is 0 Å². The summed E-state index contributed by atoms with van der Waals surface area (Å²) in [4.78, 5) is 0. The Balaban J connectivity index is 1.78. The highest BCUT2D eigenvalue weighted by molar-refractivity contribution is 6.12. The van der Waals surface area contributed by atoms with Gasteiger partial charge in [0.05, 0.1) is 18.3 Å². The molecule has 2 heterocycles. The summed E-state index contributed by atoms with van der Waals surface area (Å²) >= 11 is 0. The van der Waals surface area contributed by atoms with Crippen LogP contribution in [0.2, 0.25) is 0 Å². The number of para-hydroxylation sites is 1. The third-order valence-corrected chi connectivity index (χ3v) is 5.50. The molecule has 0 aliphatic heterocycles. The van der Waals surface area contributed by atoms with E-state index in [4.69, 9.17) is 4.74 Å². The maximum atomic E-state index is 5.36. The van der Waals surface area contributed by atoms with Crippen molar-refractivity contribution < 1.29 is 4.74 Å². The van der Waals surface area contributed by atoms with Crippen LogP contribution in [0.25, 0.3) is 33.1 Å². The van der Waals surface area contributed by atoms with Gasteiger partial charge in [-0.15, -0.1) is 0 Å². The van der Waals surface area contributed by atoms with Crippen molar-refractivity contribution in [2.24, 2.45) is 7.05 Å². The van der Waals surface area contributed by atoms with Crippen molar-refractivity contribution in [1.82, 2.24) is 9.13 Å². The predicted molar refractivity (Wildman–Crippen MR) is 116 cm³/mol. The van der Waals surface area contributed by atoms with Gasteiger partial charge in [0, 0.05) is 41.6 Å². The zero-order valence-corrected chi connectivity index (χ0v) is 16.1. The fourth-order valence-electron chi connectivity index (χ4n) is 4.15. The Labute approximate surface area is 164 Å². The summed E-state index contributed by atoms with van der Waals surface area (Å²) in [6.07, 6.45) is 2.30. The molecular weight excluding hydrogens is 344 g/mol. The molecular formula is C25H22N2O. The predicted octanol–water partition coefficient (Wildman–Crippen LogP) is 5.86. The third kappa shape index (κ3) is 2.59. The Hall–Kier alpha value is -3.46. The molecule has 28 heavy (non-hydrogen) atoms. The van der Waals surface area contributed by atoms with E-state index in [9.17, 15) is 0 Å². The number of hydrogen-bond acceptors (Lipinski definition) is 1. The molecule has 3 aromatic carbocycles. The minimum Gasteiger partial charge on any atom is -0.497 e. The second-order valence-corrected chi connectivity index (χ2v) is 7.16. The fourth-order valence-corrected chi connectivity index (χ4v) is 4.15. The number of nitrogens with zero attached hydrogens (tertiary/aromatic N) is 2. The second-order valence-electron chi connectivity index (χ2n) is 7.16. The molecule has 0 fully saturated rings. The van der Waals surface area contributed by atoms with E-state index in [0.717, 1.165) is 12.3 Å². The summed E-state index contributed by atoms with van der Waals surface area (Å²) < 4.78 is 10.0. The van der Waals surface area contributed by atoms with Crippen LogP contribution in [0.1, 0.15) is 5.56 Å². The summed E-state index contributed by atoms with van der Waals surface area (Å²) in [5.41, 5.74) is 6.25. The van der Waals surface area contributed by atoms with Crippen LogP contribution in [-0.4, -0.2) is 16.2 Å². The average Bonchev–Trinajstić information content (AvgIpc) is 3.24. The van der Waals surface area contributed by atoms with Crippen LogP contribution < -0.4 is 4.74 Å². The Morgan fingerprint density at radius 1 is 0.786 bits per heavy atom. The van der Waals surface area contributed by atoms with Crippen LogP contribution in [-0.2, 0) is 13.6 Å². The van der Waals surface area contributed by atoms with Crippen LogP contribution >= 0.6 is 0 Å². The number of ether oxygens (including phenoxy) is 1. The van der Waals surface area contributed by atoms with E-state index in [-0.39, 0.29) is 0 Å². The average molecular weight is 366 g/mol. The van der Waals surface area contributed by atoms with E-state index in [1.807, 2.05) is 12.1 Å². The lowest BCUT2D eigenvalue weighted by molar-refractivity contribution is 0.415. The van der Waals surface area contributed by atoms with Gasteiger partial charge in [-0.2, -0.15) is 0 Å². The van der Waals surface area contributed by atoms with Gasteiger partial charge in [-0.1, -0.05) is 48.5 Å². The molecule has 2 aromatic heterocycles. The van der Waals surface area contributed by atoms with E-state index in [2.05, 4.69) is 89.1 Å². The summed E-state index contributed by atoms with van der Waals surface area (Å²) in [6.45, 7) is 0.839. The van der Waals surface area contributed by atoms with E-state index in [1.54, 1.807) is 7.11 Å². The largest absolute Gasteiger partial charge is 0.497 e. The van der Waals surface area contributed by atoms with Gasteiger partial charge in [-0.05, 0) is 35.9 Å². The normalized spacial score (nSPS) is 11.4. The van der Waals surface area contributed by atoms with Crippen molar-refractivity contribution >= 4 is 21.8 Å². The number of rotatable bonds is 4. The molecule has 0 aliphatic rings. The van der Waals surface area contributed by atoms with Crippen molar-refractivity contribution in [2.75, 3.05) is 7.11 Å². The number of aryl methyl sites for hydroxylation is 1. The monoisotopic (exact) mass is 366 g/mol. The molecule has 5 aromatic rings. The highest BCUT2D eigenvalue weighted by Gasteiger charge is 2.18. The number of aromatic nitrogens is 2. The lowest BCUT2D eigenvalue weighted by Gasteiger charge is -2.12. The fraction of sp³-hybridized carbons (Fsp3) is 0.120. The molecule has 3 nitrogen and oxygen atoms in total. The zero-order chi connectivity index (χ0) is 19.1. The van der Waals surface area contributed by atoms with Gasteiger partial charge < -0.3 is 13.9 Å². The first-order valence-corrected chi connectivity index (χ1v) is 9.51. The minimum atomic E-state index is 0.839. The Bertz CT molecular complexity index is 1260. The summed E-state index contributed by atoms with van der Waals surface area (Å²) in [5.74, 6) is 0.873. The lowest BCUT2D eigenvalue weighted by atomic mass is 10.1. The van der Waals surface area contributed by atoms with Crippen LogP contribution in [0.4, 0.5) is 0 Å². The summed E-state index contributed by atoms with van der Waals surface area (Å²) in [5, 5.41) is 2.58. The van der Waals surface area contributed by atoms with Gasteiger partial charge in [0.25, 0.3) is 0 Å². The minimum absolute atomic E-state index is 0.839. The van der Waals surface area contributed by atoms with Crippen molar-refractivity contribution in [2.45, 2.75) is 6.54 Å². The number of methoxy groups -OCH3 is 1. The van der Waals surface area contributed by atoms with Crippen molar-refractivity contribution in [3.05, 3.63) is 90.6 Å². The molecule has 0 atom stereocenters. The van der Waals surface area contributed by atoms with Gasteiger partial charge in [0.1, 0.15) is 5.75 Å². The quantitative estimate of drug-likeness (QED) is 0.390. The highest BCUT2D eigenvalue weighted by atomic mass is 16.5. The van der Waals surface area contributed by atoms with E-state index in [0.29, 0.717) is 0 Å². The number of hydrogen-bond donors (Lipinski definition) is 0. The molecule has 5 rings (SSSR count). The molecule has 0 radical (unpaired) electrons. The molecule has 3 heteroatoms. The van der Waals surface area contributed by atoms with Crippen LogP contribution in [0.5, 0.6) is 5.75 Å². The van der Waals surface area contributed by atoms with Gasteiger partial charge in [0.2, 0.25) is 0 Å². The lowest BCUT2D eigenvalue weighted by Crippen LogP contribution is -2.02. The van der Waals surface area contributed by atoms with Crippen LogP contribution in [0.3, 0.4) is 0 Å². The molecule has 0 amide bonds. The van der Waals surface area contributed by atoms with Crippen LogP contribution in [0.15, 0.2) is 85.1 Å². The number of fused-ring (bicyclic) bond motifs is 3. The first-order valence-electron chi connectivity index (χ1n) is 9.51. The smallest absolute Gasteiger partial charge is 0.118 e. The topological polar surface area (TPSA) is 19.1 Å². The van der Waals surface area contributed by atoms with Crippen molar-refractivity contribution in [3.63, 3.8) is 0 Å². The molecule has 0 bridgehead atoms. The molecule has 0 saturated carbocycles. The van der Waals surface area contributed by atoms with Gasteiger partial charge in [-0.3, -0.25) is 0 Å². The standard InChI is InChI=1S/C25H22N2O/c1-26-23-11-7-6-10-21(23)22-17-27(16-18-8-4-3-5-9-18)24(25(22)26)19-12-14-20(28-2)15-13-19/h3-15,17H,16H2,1-2H3. The molecule has 0 aliphatic carbocycles. The molecule has 138 valence electrons. The molecule has 0 N–H and O–H groups in total. The van der Waals surface area contributed by atoms with E-state index in [1.165, 1.54) is 38.6 Å². The first-order chi connectivity index (χ1) is 13.8. The Morgan fingerprint density at radius 3 is 2.25 bits per heavy atom. The second kappa shape index (κ2) is 6.61. The zero-order valence-electron chi connectivity index (χ0n) is 16.1. The highest BCUT2D eigenvalue weighted by Crippen LogP contribution is 2.37. The maximum absolute atomic E-state index is 5.36. The van der Waals surface area contributed by atoms with E-state index >= 15 is 0 Å². The van der Waals surface area contributed by atoms with Crippen molar-refractivity contribution in [3.8, 4) is 17.0 Å². The Kier molecular flexibility index (Phi) is 3.94. The van der Waals surface area contributed by atoms with Gasteiger partial charge in [-0.25, -0.2) is 0 Å². The molecule has 0 saturated heterocycles. The first kappa shape index (κ1) is 16.7. The van der Waals surface area contributed by atoms with Crippen molar-refractivity contribution in [1.29, 1.82) is 0 Å².